The highest BCUT2D eigenvalue weighted by Crippen LogP contribution is 2.22. The highest BCUT2D eigenvalue weighted by Gasteiger charge is 2.21. The van der Waals surface area contributed by atoms with Crippen molar-refractivity contribution in [1.29, 1.82) is 0 Å². The molecule has 0 aliphatic rings. The predicted molar refractivity (Wildman–Crippen MR) is 84.8 cm³/mol. The summed E-state index contributed by atoms with van der Waals surface area (Å²) in [6, 6.07) is 3.78. The normalized spacial score (nSPS) is 12.2. The van der Waals surface area contributed by atoms with E-state index in [1.165, 1.54) is 18.2 Å². The van der Waals surface area contributed by atoms with E-state index in [0.29, 0.717) is 29.5 Å². The van der Waals surface area contributed by atoms with Crippen LogP contribution in [0.2, 0.25) is 5.02 Å². The minimum atomic E-state index is -0.475. The average molecular weight is 329 g/mol. The van der Waals surface area contributed by atoms with Gasteiger partial charge in [-0.3, -0.25) is 14.9 Å². The molecular weight excluding hydrogens is 308 g/mol. The number of nitro benzene ring substituents is 1. The van der Waals surface area contributed by atoms with Crippen molar-refractivity contribution in [2.75, 3.05) is 6.61 Å². The molecule has 22 heavy (non-hydrogen) atoms. The molecule has 1 aromatic carbocycles. The fourth-order valence-corrected chi connectivity index (χ4v) is 2.20. The Kier molecular flexibility index (Phi) is 7.27. The van der Waals surface area contributed by atoms with E-state index in [-0.39, 0.29) is 18.2 Å². The molecule has 1 N–H and O–H groups in total. The molecule has 0 spiro atoms. The van der Waals surface area contributed by atoms with Crippen LogP contribution in [0.5, 0.6) is 0 Å². The van der Waals surface area contributed by atoms with Gasteiger partial charge in [-0.05, 0) is 30.9 Å². The third kappa shape index (κ3) is 5.61. The number of nitrogens with one attached hydrogen (secondary N) is 1. The van der Waals surface area contributed by atoms with Gasteiger partial charge in [0.2, 0.25) is 0 Å². The van der Waals surface area contributed by atoms with Gasteiger partial charge in [0, 0.05) is 23.7 Å². The zero-order chi connectivity index (χ0) is 16.7. The lowest BCUT2D eigenvalue weighted by molar-refractivity contribution is -0.384. The van der Waals surface area contributed by atoms with Crippen LogP contribution in [0.25, 0.3) is 0 Å². The number of esters is 1. The fourth-order valence-electron chi connectivity index (χ4n) is 2.02. The van der Waals surface area contributed by atoms with Crippen LogP contribution < -0.4 is 5.32 Å². The first-order chi connectivity index (χ1) is 10.3. The van der Waals surface area contributed by atoms with Crippen LogP contribution in [-0.4, -0.2) is 23.5 Å². The predicted octanol–water partition coefficient (Wildman–Crippen LogP) is 3.32. The second-order valence-electron chi connectivity index (χ2n) is 5.35. The SMILES string of the molecule is CCOC(=O)[C@H](CC(C)C)NCc1cc([N+](=O)[O-])ccc1Cl. The van der Waals surface area contributed by atoms with Gasteiger partial charge in [-0.25, -0.2) is 0 Å². The molecule has 0 bridgehead atoms. The largest absolute Gasteiger partial charge is 0.465 e. The van der Waals surface area contributed by atoms with Gasteiger partial charge >= 0.3 is 5.97 Å². The third-order valence-electron chi connectivity index (χ3n) is 3.06. The van der Waals surface area contributed by atoms with Gasteiger partial charge in [0.1, 0.15) is 6.04 Å². The number of rotatable bonds is 8. The fraction of sp³-hybridized carbons (Fsp3) is 0.533. The van der Waals surface area contributed by atoms with E-state index in [1.54, 1.807) is 6.92 Å². The number of non-ortho nitro benzene ring substituents is 1. The summed E-state index contributed by atoms with van der Waals surface area (Å²) in [5.74, 6) is -0.0137. The summed E-state index contributed by atoms with van der Waals surface area (Å²) in [6.07, 6.45) is 0.616. The number of carbonyl (C=O) groups excluding carboxylic acids is 1. The minimum Gasteiger partial charge on any atom is -0.465 e. The highest BCUT2D eigenvalue weighted by molar-refractivity contribution is 6.31. The second kappa shape index (κ2) is 8.70. The van der Waals surface area contributed by atoms with Crippen molar-refractivity contribution in [2.24, 2.45) is 5.92 Å². The average Bonchev–Trinajstić information content (AvgIpc) is 2.44. The number of nitro groups is 1. The van der Waals surface area contributed by atoms with Crippen molar-refractivity contribution in [3.8, 4) is 0 Å². The highest BCUT2D eigenvalue weighted by atomic mass is 35.5. The maximum Gasteiger partial charge on any atom is 0.323 e. The van der Waals surface area contributed by atoms with Crippen molar-refractivity contribution in [3.05, 3.63) is 38.9 Å². The van der Waals surface area contributed by atoms with Crippen molar-refractivity contribution in [1.82, 2.24) is 5.32 Å². The van der Waals surface area contributed by atoms with Gasteiger partial charge in [0.15, 0.2) is 0 Å². The van der Waals surface area contributed by atoms with Gasteiger partial charge < -0.3 is 10.1 Å². The monoisotopic (exact) mass is 328 g/mol. The smallest absolute Gasteiger partial charge is 0.323 e. The molecule has 0 fully saturated rings. The molecule has 0 saturated heterocycles. The van der Waals surface area contributed by atoms with Gasteiger partial charge in [-0.1, -0.05) is 25.4 Å². The second-order valence-corrected chi connectivity index (χ2v) is 5.76. The van der Waals surface area contributed by atoms with Crippen molar-refractivity contribution < 1.29 is 14.5 Å². The van der Waals surface area contributed by atoms with Crippen LogP contribution in [0, 0.1) is 16.0 Å². The number of ether oxygens (including phenoxy) is 1. The summed E-state index contributed by atoms with van der Waals surface area (Å²) in [4.78, 5) is 22.3. The molecule has 1 aromatic rings. The molecular formula is C15H21ClN2O4. The van der Waals surface area contributed by atoms with Crippen LogP contribution in [-0.2, 0) is 16.1 Å². The van der Waals surface area contributed by atoms with E-state index in [9.17, 15) is 14.9 Å². The summed E-state index contributed by atoms with van der Waals surface area (Å²) in [5.41, 5.74) is 0.548. The zero-order valence-electron chi connectivity index (χ0n) is 13.0. The number of nitrogens with zero attached hydrogens (tertiary/aromatic N) is 1. The molecule has 1 rings (SSSR count). The first-order valence-corrected chi connectivity index (χ1v) is 7.55. The topological polar surface area (TPSA) is 81.5 Å². The lowest BCUT2D eigenvalue weighted by Gasteiger charge is -2.19. The summed E-state index contributed by atoms with van der Waals surface area (Å²) in [6.45, 7) is 6.34. The van der Waals surface area contributed by atoms with Crippen molar-refractivity contribution in [2.45, 2.75) is 39.8 Å². The molecule has 0 aliphatic heterocycles. The number of benzene rings is 1. The number of hydrogen-bond acceptors (Lipinski definition) is 5. The van der Waals surface area contributed by atoms with Gasteiger partial charge in [-0.15, -0.1) is 0 Å². The standard InChI is InChI=1S/C15H21ClN2O4/c1-4-22-15(19)14(7-10(2)3)17-9-11-8-12(18(20)21)5-6-13(11)16/h5-6,8,10,14,17H,4,7,9H2,1-3H3/t14-/m0/s1. The van der Waals surface area contributed by atoms with E-state index < -0.39 is 11.0 Å². The van der Waals surface area contributed by atoms with Gasteiger partial charge in [-0.2, -0.15) is 0 Å². The molecule has 0 aromatic heterocycles. The Labute approximate surface area is 134 Å². The molecule has 6 nitrogen and oxygen atoms in total. The number of carbonyl (C=O) groups is 1. The molecule has 0 heterocycles. The van der Waals surface area contributed by atoms with Crippen LogP contribution >= 0.6 is 11.6 Å². The van der Waals surface area contributed by atoms with E-state index >= 15 is 0 Å². The molecule has 0 amide bonds. The number of hydrogen-bond donors (Lipinski definition) is 1. The quantitative estimate of drug-likeness (QED) is 0.450. The van der Waals surface area contributed by atoms with Crippen molar-refractivity contribution in [3.63, 3.8) is 0 Å². The maximum atomic E-state index is 11.9. The minimum absolute atomic E-state index is 0.0299. The van der Waals surface area contributed by atoms with E-state index in [0.717, 1.165) is 0 Å². The summed E-state index contributed by atoms with van der Waals surface area (Å²) >= 11 is 6.05. The molecule has 0 aliphatic carbocycles. The van der Waals surface area contributed by atoms with Crippen LogP contribution in [0.15, 0.2) is 18.2 Å². The Bertz CT molecular complexity index is 534. The molecule has 122 valence electrons. The Hall–Kier alpha value is -1.66. The zero-order valence-corrected chi connectivity index (χ0v) is 13.7. The Morgan fingerprint density at radius 3 is 2.68 bits per heavy atom. The van der Waals surface area contributed by atoms with Crippen LogP contribution in [0.1, 0.15) is 32.8 Å². The number of halogens is 1. The Morgan fingerprint density at radius 1 is 1.45 bits per heavy atom. The van der Waals surface area contributed by atoms with Crippen LogP contribution in [0.4, 0.5) is 5.69 Å². The van der Waals surface area contributed by atoms with Crippen LogP contribution in [0.3, 0.4) is 0 Å². The van der Waals surface area contributed by atoms with Gasteiger partial charge in [0.25, 0.3) is 5.69 Å². The molecule has 0 saturated carbocycles. The summed E-state index contributed by atoms with van der Waals surface area (Å²) in [7, 11) is 0. The first kappa shape index (κ1) is 18.4. The Balaban J connectivity index is 2.81. The molecule has 7 heteroatoms. The van der Waals surface area contributed by atoms with E-state index in [1.807, 2.05) is 13.8 Å². The maximum absolute atomic E-state index is 11.9. The summed E-state index contributed by atoms with van der Waals surface area (Å²) in [5, 5.41) is 14.3. The van der Waals surface area contributed by atoms with E-state index in [4.69, 9.17) is 16.3 Å². The lowest BCUT2D eigenvalue weighted by Crippen LogP contribution is -2.38. The van der Waals surface area contributed by atoms with Gasteiger partial charge in [0.05, 0.1) is 11.5 Å². The Morgan fingerprint density at radius 2 is 2.14 bits per heavy atom. The first-order valence-electron chi connectivity index (χ1n) is 7.18. The summed E-state index contributed by atoms with van der Waals surface area (Å²) < 4.78 is 5.04. The lowest BCUT2D eigenvalue weighted by atomic mass is 10.0. The van der Waals surface area contributed by atoms with Crippen molar-refractivity contribution >= 4 is 23.3 Å². The third-order valence-corrected chi connectivity index (χ3v) is 3.43. The molecule has 0 unspecified atom stereocenters. The molecule has 1 atom stereocenters. The molecule has 0 radical (unpaired) electrons. The van der Waals surface area contributed by atoms with E-state index in [2.05, 4.69) is 5.32 Å².